The fourth-order valence-corrected chi connectivity index (χ4v) is 2.48. The van der Waals surface area contributed by atoms with E-state index in [-0.39, 0.29) is 23.7 Å². The zero-order valence-electron chi connectivity index (χ0n) is 13.8. The lowest BCUT2D eigenvalue weighted by atomic mass is 9.96. The molecule has 1 aliphatic rings. The largest absolute Gasteiger partial charge is 0.508 e. The van der Waals surface area contributed by atoms with Crippen LogP contribution in [0.1, 0.15) is 33.6 Å². The second-order valence-electron chi connectivity index (χ2n) is 6.78. The Kier molecular flexibility index (Phi) is 5.13. The number of rotatable bonds is 2. The maximum Gasteiger partial charge on any atom is 0.410 e. The van der Waals surface area contributed by atoms with Gasteiger partial charge in [-0.05, 0) is 45.7 Å². The summed E-state index contributed by atoms with van der Waals surface area (Å²) in [6, 6.07) is 6.46. The molecule has 2 N–H and O–H groups in total. The van der Waals surface area contributed by atoms with Gasteiger partial charge < -0.3 is 20.1 Å². The highest BCUT2D eigenvalue weighted by Gasteiger charge is 2.29. The summed E-state index contributed by atoms with van der Waals surface area (Å²) in [6.45, 7) is 6.52. The summed E-state index contributed by atoms with van der Waals surface area (Å²) in [5.41, 5.74) is 0.0604. The number of benzene rings is 1. The second-order valence-corrected chi connectivity index (χ2v) is 6.78. The maximum atomic E-state index is 12.3. The van der Waals surface area contributed by atoms with E-state index >= 15 is 0 Å². The Balaban J connectivity index is 1.84. The van der Waals surface area contributed by atoms with Crippen LogP contribution >= 0.6 is 0 Å². The molecule has 0 aromatic heterocycles. The van der Waals surface area contributed by atoms with Gasteiger partial charge in [-0.15, -0.1) is 0 Å². The van der Waals surface area contributed by atoms with Gasteiger partial charge in [-0.25, -0.2) is 4.79 Å². The van der Waals surface area contributed by atoms with Gasteiger partial charge in [0.25, 0.3) is 0 Å². The van der Waals surface area contributed by atoms with Crippen LogP contribution in [0, 0.1) is 5.92 Å². The number of ether oxygens (including phenoxy) is 1. The molecule has 1 aliphatic heterocycles. The first-order chi connectivity index (χ1) is 10.7. The lowest BCUT2D eigenvalue weighted by molar-refractivity contribution is -0.121. The summed E-state index contributed by atoms with van der Waals surface area (Å²) in [5, 5.41) is 12.2. The van der Waals surface area contributed by atoms with Crippen molar-refractivity contribution in [2.45, 2.75) is 39.2 Å². The number of nitrogens with zero attached hydrogens (tertiary/aromatic N) is 1. The van der Waals surface area contributed by atoms with Crippen LogP contribution < -0.4 is 5.32 Å². The SMILES string of the molecule is CC(C)(C)OC(=O)N1CCC(C(=O)Nc2cccc(O)c2)CC1. The molecule has 1 fully saturated rings. The number of hydrogen-bond acceptors (Lipinski definition) is 4. The Morgan fingerprint density at radius 3 is 2.48 bits per heavy atom. The van der Waals surface area contributed by atoms with Gasteiger partial charge in [0.15, 0.2) is 0 Å². The minimum atomic E-state index is -0.513. The minimum absolute atomic E-state index is 0.0839. The highest BCUT2D eigenvalue weighted by Crippen LogP contribution is 2.22. The smallest absolute Gasteiger partial charge is 0.410 e. The van der Waals surface area contributed by atoms with E-state index in [1.54, 1.807) is 23.1 Å². The van der Waals surface area contributed by atoms with Crippen molar-refractivity contribution in [1.29, 1.82) is 0 Å². The number of phenolic OH excluding ortho intramolecular Hbond substituents is 1. The number of aromatic hydroxyl groups is 1. The van der Waals surface area contributed by atoms with Gasteiger partial charge in [-0.3, -0.25) is 4.79 Å². The fraction of sp³-hybridized carbons (Fsp3) is 0.529. The van der Waals surface area contributed by atoms with Gasteiger partial charge in [-0.2, -0.15) is 0 Å². The average molecular weight is 320 g/mol. The first-order valence-corrected chi connectivity index (χ1v) is 7.82. The summed E-state index contributed by atoms with van der Waals surface area (Å²) in [4.78, 5) is 25.9. The lowest BCUT2D eigenvalue weighted by Gasteiger charge is -2.32. The third kappa shape index (κ3) is 5.16. The zero-order chi connectivity index (χ0) is 17.0. The Labute approximate surface area is 136 Å². The number of nitrogens with one attached hydrogen (secondary N) is 1. The van der Waals surface area contributed by atoms with Crippen molar-refractivity contribution in [1.82, 2.24) is 4.90 Å². The van der Waals surface area contributed by atoms with E-state index in [1.807, 2.05) is 20.8 Å². The molecule has 0 atom stereocenters. The monoisotopic (exact) mass is 320 g/mol. The molecule has 0 radical (unpaired) electrons. The molecule has 126 valence electrons. The fourth-order valence-electron chi connectivity index (χ4n) is 2.48. The Bertz CT molecular complexity index is 572. The van der Waals surface area contributed by atoms with E-state index in [4.69, 9.17) is 4.74 Å². The molecule has 0 bridgehead atoms. The van der Waals surface area contributed by atoms with Crippen molar-refractivity contribution in [3.63, 3.8) is 0 Å². The quantitative estimate of drug-likeness (QED) is 0.878. The number of anilines is 1. The summed E-state index contributed by atoms with van der Waals surface area (Å²) in [6.07, 6.45) is 0.873. The van der Waals surface area contributed by atoms with Crippen molar-refractivity contribution in [2.75, 3.05) is 18.4 Å². The molecule has 0 saturated carbocycles. The first kappa shape index (κ1) is 17.1. The van der Waals surface area contributed by atoms with Crippen molar-refractivity contribution >= 4 is 17.7 Å². The molecule has 6 nitrogen and oxygen atoms in total. The zero-order valence-corrected chi connectivity index (χ0v) is 13.8. The van der Waals surface area contributed by atoms with E-state index in [0.717, 1.165) is 0 Å². The maximum absolute atomic E-state index is 12.3. The van der Waals surface area contributed by atoms with Gasteiger partial charge in [0.05, 0.1) is 0 Å². The number of phenols is 1. The highest BCUT2D eigenvalue weighted by molar-refractivity contribution is 5.92. The Morgan fingerprint density at radius 1 is 1.26 bits per heavy atom. The van der Waals surface area contributed by atoms with Crippen molar-refractivity contribution in [3.8, 4) is 5.75 Å². The van der Waals surface area contributed by atoms with Gasteiger partial charge in [-0.1, -0.05) is 6.07 Å². The summed E-state index contributed by atoms with van der Waals surface area (Å²) in [7, 11) is 0. The molecular formula is C17H24N2O4. The number of carbonyl (C=O) groups is 2. The first-order valence-electron chi connectivity index (χ1n) is 7.82. The highest BCUT2D eigenvalue weighted by atomic mass is 16.6. The van der Waals surface area contributed by atoms with Crippen LogP contribution in [-0.4, -0.2) is 40.7 Å². The van der Waals surface area contributed by atoms with Gasteiger partial charge >= 0.3 is 6.09 Å². The molecule has 6 heteroatoms. The molecule has 1 saturated heterocycles. The average Bonchev–Trinajstić information content (AvgIpc) is 2.45. The van der Waals surface area contributed by atoms with Crippen LogP contribution in [0.25, 0.3) is 0 Å². The number of carbonyl (C=O) groups excluding carboxylic acids is 2. The number of likely N-dealkylation sites (tertiary alicyclic amines) is 1. The molecule has 23 heavy (non-hydrogen) atoms. The molecule has 2 amide bonds. The van der Waals surface area contributed by atoms with Crippen LogP contribution in [0.15, 0.2) is 24.3 Å². The molecule has 1 heterocycles. The number of amides is 2. The van der Waals surface area contributed by atoms with E-state index in [2.05, 4.69) is 5.32 Å². The Morgan fingerprint density at radius 2 is 1.91 bits per heavy atom. The predicted octanol–water partition coefficient (Wildman–Crippen LogP) is 2.98. The molecule has 1 aromatic rings. The summed E-state index contributed by atoms with van der Waals surface area (Å²) < 4.78 is 5.34. The number of piperidine rings is 1. The van der Waals surface area contributed by atoms with Crippen LogP contribution in [0.4, 0.5) is 10.5 Å². The topological polar surface area (TPSA) is 78.9 Å². The van der Waals surface area contributed by atoms with Crippen LogP contribution in [0.3, 0.4) is 0 Å². The molecule has 2 rings (SSSR count). The second kappa shape index (κ2) is 6.89. The summed E-state index contributed by atoms with van der Waals surface area (Å²) >= 11 is 0. The molecule has 1 aromatic carbocycles. The van der Waals surface area contributed by atoms with E-state index in [0.29, 0.717) is 31.6 Å². The van der Waals surface area contributed by atoms with E-state index in [1.165, 1.54) is 6.07 Å². The number of hydrogen-bond donors (Lipinski definition) is 2. The van der Waals surface area contributed by atoms with E-state index < -0.39 is 5.60 Å². The van der Waals surface area contributed by atoms with Gasteiger partial charge in [0.2, 0.25) is 5.91 Å². The minimum Gasteiger partial charge on any atom is -0.508 e. The molecule has 0 spiro atoms. The third-order valence-corrected chi connectivity index (χ3v) is 3.63. The normalized spacial score (nSPS) is 16.0. The molecular weight excluding hydrogens is 296 g/mol. The van der Waals surface area contributed by atoms with Gasteiger partial charge in [0, 0.05) is 30.8 Å². The predicted molar refractivity (Wildman–Crippen MR) is 87.3 cm³/mol. The van der Waals surface area contributed by atoms with Crippen LogP contribution in [0.5, 0.6) is 5.75 Å². The van der Waals surface area contributed by atoms with Crippen LogP contribution in [0.2, 0.25) is 0 Å². The standard InChI is InChI=1S/C17H24N2O4/c1-17(2,3)23-16(22)19-9-7-12(8-10-19)15(21)18-13-5-4-6-14(20)11-13/h4-6,11-12,20H,7-10H2,1-3H3,(H,18,21). The third-order valence-electron chi connectivity index (χ3n) is 3.63. The van der Waals surface area contributed by atoms with E-state index in [9.17, 15) is 14.7 Å². The molecule has 0 aliphatic carbocycles. The summed E-state index contributed by atoms with van der Waals surface area (Å²) in [5.74, 6) is -0.113. The van der Waals surface area contributed by atoms with Gasteiger partial charge in [0.1, 0.15) is 11.4 Å². The van der Waals surface area contributed by atoms with Crippen molar-refractivity contribution in [3.05, 3.63) is 24.3 Å². The lowest BCUT2D eigenvalue weighted by Crippen LogP contribution is -2.43. The van der Waals surface area contributed by atoms with Crippen LogP contribution in [-0.2, 0) is 9.53 Å². The van der Waals surface area contributed by atoms with Crippen molar-refractivity contribution < 1.29 is 19.4 Å². The van der Waals surface area contributed by atoms with Crippen molar-refractivity contribution in [2.24, 2.45) is 5.92 Å². The molecule has 0 unspecified atom stereocenters. The Hall–Kier alpha value is -2.24.